The first-order valence-electron chi connectivity index (χ1n) is 10.4. The molecule has 2 saturated heterocycles. The molecule has 2 amide bonds. The van der Waals surface area contributed by atoms with E-state index in [2.05, 4.69) is 10.2 Å². The van der Waals surface area contributed by atoms with Gasteiger partial charge in [0.25, 0.3) is 0 Å². The van der Waals surface area contributed by atoms with Crippen LogP contribution in [0.5, 0.6) is 0 Å². The fourth-order valence-electron chi connectivity index (χ4n) is 4.02. The summed E-state index contributed by atoms with van der Waals surface area (Å²) in [6.07, 6.45) is 7.84. The van der Waals surface area contributed by atoms with Crippen molar-refractivity contribution in [2.45, 2.75) is 51.0 Å². The third-order valence-corrected chi connectivity index (χ3v) is 5.58. The molecule has 0 aromatic heterocycles. The molecule has 2 fully saturated rings. The Morgan fingerprint density at radius 1 is 1.15 bits per heavy atom. The zero-order chi connectivity index (χ0) is 18.9. The first kappa shape index (κ1) is 20.1. The maximum absolute atomic E-state index is 13.9. The van der Waals surface area contributed by atoms with Crippen molar-refractivity contribution in [1.29, 1.82) is 0 Å². The fourth-order valence-corrected chi connectivity index (χ4v) is 4.02. The number of anilines is 1. The molecule has 27 heavy (non-hydrogen) atoms. The van der Waals surface area contributed by atoms with Gasteiger partial charge in [-0.3, -0.25) is 0 Å². The van der Waals surface area contributed by atoms with Crippen molar-refractivity contribution in [1.82, 2.24) is 9.80 Å². The highest BCUT2D eigenvalue weighted by Gasteiger charge is 2.26. The SMILES string of the molecule is O=C(Nc1ccccc1F)N(CCCN1CCCCCC1)C1CCOCC1. The van der Waals surface area contributed by atoms with Gasteiger partial charge in [0.2, 0.25) is 0 Å². The second-order valence-electron chi connectivity index (χ2n) is 7.56. The molecule has 1 aromatic rings. The molecule has 2 heterocycles. The predicted octanol–water partition coefficient (Wildman–Crippen LogP) is 4.10. The summed E-state index contributed by atoms with van der Waals surface area (Å²) < 4.78 is 19.4. The maximum atomic E-state index is 13.9. The molecule has 0 atom stereocenters. The van der Waals surface area contributed by atoms with Crippen LogP contribution in [0.15, 0.2) is 24.3 Å². The van der Waals surface area contributed by atoms with E-state index in [9.17, 15) is 9.18 Å². The Hall–Kier alpha value is -1.66. The van der Waals surface area contributed by atoms with Crippen LogP contribution < -0.4 is 5.32 Å². The van der Waals surface area contributed by atoms with Crippen molar-refractivity contribution in [3.05, 3.63) is 30.1 Å². The number of likely N-dealkylation sites (tertiary alicyclic amines) is 1. The average Bonchev–Trinajstić information content (AvgIpc) is 2.96. The van der Waals surface area contributed by atoms with Gasteiger partial charge in [-0.1, -0.05) is 25.0 Å². The number of nitrogens with one attached hydrogen (secondary N) is 1. The molecule has 2 aliphatic rings. The first-order valence-corrected chi connectivity index (χ1v) is 10.4. The van der Waals surface area contributed by atoms with Crippen LogP contribution in [-0.2, 0) is 4.74 Å². The Morgan fingerprint density at radius 3 is 2.56 bits per heavy atom. The van der Waals surface area contributed by atoms with Gasteiger partial charge in [0.15, 0.2) is 0 Å². The molecule has 0 aliphatic carbocycles. The highest BCUT2D eigenvalue weighted by Crippen LogP contribution is 2.19. The Bertz CT molecular complexity index is 585. The number of benzene rings is 1. The third-order valence-electron chi connectivity index (χ3n) is 5.58. The van der Waals surface area contributed by atoms with E-state index in [1.54, 1.807) is 18.2 Å². The van der Waals surface area contributed by atoms with E-state index >= 15 is 0 Å². The minimum absolute atomic E-state index is 0.162. The molecular weight excluding hydrogens is 345 g/mol. The number of carbonyl (C=O) groups is 1. The normalized spacial score (nSPS) is 19.4. The van der Waals surface area contributed by atoms with Gasteiger partial charge >= 0.3 is 6.03 Å². The van der Waals surface area contributed by atoms with Gasteiger partial charge in [-0.2, -0.15) is 0 Å². The number of hydrogen-bond donors (Lipinski definition) is 1. The number of ether oxygens (including phenoxy) is 1. The van der Waals surface area contributed by atoms with Crippen molar-refractivity contribution >= 4 is 11.7 Å². The summed E-state index contributed by atoms with van der Waals surface area (Å²) in [4.78, 5) is 17.3. The standard InChI is InChI=1S/C21H32FN3O2/c22-19-8-3-4-9-20(19)23-21(26)25(18-10-16-27-17-11-18)15-7-14-24-12-5-1-2-6-13-24/h3-4,8-9,18H,1-2,5-7,10-17H2,(H,23,26). The van der Waals surface area contributed by atoms with Gasteiger partial charge in [-0.15, -0.1) is 0 Å². The van der Waals surface area contributed by atoms with E-state index in [0.29, 0.717) is 19.8 Å². The summed E-state index contributed by atoms with van der Waals surface area (Å²) in [5, 5.41) is 2.76. The molecule has 0 spiro atoms. The van der Waals surface area contributed by atoms with Gasteiger partial charge in [-0.05, 0) is 63.9 Å². The van der Waals surface area contributed by atoms with Crippen molar-refractivity contribution in [2.75, 3.05) is 44.7 Å². The maximum Gasteiger partial charge on any atom is 0.322 e. The molecule has 1 N–H and O–H groups in total. The van der Waals surface area contributed by atoms with Gasteiger partial charge < -0.3 is 19.9 Å². The molecule has 3 rings (SSSR count). The fraction of sp³-hybridized carbons (Fsp3) is 0.667. The molecule has 6 heteroatoms. The van der Waals surface area contributed by atoms with Crippen molar-refractivity contribution in [3.63, 3.8) is 0 Å². The van der Waals surface area contributed by atoms with Crippen molar-refractivity contribution in [2.24, 2.45) is 0 Å². The van der Waals surface area contributed by atoms with Gasteiger partial charge in [-0.25, -0.2) is 9.18 Å². The molecule has 0 radical (unpaired) electrons. The number of amides is 2. The van der Waals surface area contributed by atoms with E-state index in [1.165, 1.54) is 44.8 Å². The number of urea groups is 1. The second kappa shape index (κ2) is 10.6. The molecule has 0 unspecified atom stereocenters. The summed E-state index contributed by atoms with van der Waals surface area (Å²) in [6, 6.07) is 6.29. The summed E-state index contributed by atoms with van der Waals surface area (Å²) in [5.74, 6) is -0.401. The van der Waals surface area contributed by atoms with E-state index in [1.807, 2.05) is 4.90 Å². The van der Waals surface area contributed by atoms with E-state index in [0.717, 1.165) is 25.8 Å². The molecular formula is C21H32FN3O2. The summed E-state index contributed by atoms with van der Waals surface area (Å²) in [5.41, 5.74) is 0.243. The summed E-state index contributed by atoms with van der Waals surface area (Å²) in [7, 11) is 0. The number of rotatable bonds is 6. The Balaban J connectivity index is 1.58. The largest absolute Gasteiger partial charge is 0.381 e. The topological polar surface area (TPSA) is 44.8 Å². The lowest BCUT2D eigenvalue weighted by Gasteiger charge is -2.35. The lowest BCUT2D eigenvalue weighted by molar-refractivity contribution is 0.0470. The zero-order valence-electron chi connectivity index (χ0n) is 16.2. The van der Waals surface area contributed by atoms with E-state index in [4.69, 9.17) is 4.74 Å². The highest BCUT2D eigenvalue weighted by atomic mass is 19.1. The lowest BCUT2D eigenvalue weighted by atomic mass is 10.1. The van der Waals surface area contributed by atoms with Crippen LogP contribution in [0.3, 0.4) is 0 Å². The Labute approximate surface area is 161 Å². The lowest BCUT2D eigenvalue weighted by Crippen LogP contribution is -2.46. The van der Waals surface area contributed by atoms with E-state index in [-0.39, 0.29) is 17.8 Å². The summed E-state index contributed by atoms with van der Waals surface area (Å²) in [6.45, 7) is 5.41. The van der Waals surface area contributed by atoms with Crippen LogP contribution in [0.2, 0.25) is 0 Å². The van der Waals surface area contributed by atoms with Crippen molar-refractivity contribution < 1.29 is 13.9 Å². The number of para-hydroxylation sites is 1. The zero-order valence-corrected chi connectivity index (χ0v) is 16.2. The quantitative estimate of drug-likeness (QED) is 0.812. The van der Waals surface area contributed by atoms with E-state index < -0.39 is 5.82 Å². The molecule has 5 nitrogen and oxygen atoms in total. The monoisotopic (exact) mass is 377 g/mol. The third kappa shape index (κ3) is 6.18. The molecule has 150 valence electrons. The minimum atomic E-state index is -0.401. The number of halogens is 1. The van der Waals surface area contributed by atoms with Gasteiger partial charge in [0.1, 0.15) is 5.82 Å². The van der Waals surface area contributed by atoms with Gasteiger partial charge in [0, 0.05) is 25.8 Å². The number of nitrogens with zero attached hydrogens (tertiary/aromatic N) is 2. The molecule has 0 bridgehead atoms. The molecule has 0 saturated carbocycles. The Morgan fingerprint density at radius 2 is 1.85 bits per heavy atom. The highest BCUT2D eigenvalue weighted by molar-refractivity contribution is 5.89. The summed E-state index contributed by atoms with van der Waals surface area (Å²) >= 11 is 0. The van der Waals surface area contributed by atoms with Gasteiger partial charge in [0.05, 0.1) is 5.69 Å². The molecule has 2 aliphatic heterocycles. The van der Waals surface area contributed by atoms with Crippen LogP contribution in [0.25, 0.3) is 0 Å². The van der Waals surface area contributed by atoms with Crippen LogP contribution in [0.1, 0.15) is 44.9 Å². The smallest absolute Gasteiger partial charge is 0.322 e. The Kier molecular flexibility index (Phi) is 7.90. The average molecular weight is 378 g/mol. The number of hydrogen-bond acceptors (Lipinski definition) is 3. The second-order valence-corrected chi connectivity index (χ2v) is 7.56. The predicted molar refractivity (Wildman–Crippen MR) is 105 cm³/mol. The first-order chi connectivity index (χ1) is 13.2. The minimum Gasteiger partial charge on any atom is -0.381 e. The van der Waals surface area contributed by atoms with Crippen LogP contribution >= 0.6 is 0 Å². The van der Waals surface area contributed by atoms with Crippen molar-refractivity contribution in [3.8, 4) is 0 Å². The number of carbonyl (C=O) groups excluding carboxylic acids is 1. The van der Waals surface area contributed by atoms with Crippen LogP contribution in [-0.4, -0.2) is 61.3 Å². The van der Waals surface area contributed by atoms with Crippen LogP contribution in [0, 0.1) is 5.82 Å². The van der Waals surface area contributed by atoms with Crippen LogP contribution in [0.4, 0.5) is 14.9 Å². The molecule has 1 aromatic carbocycles.